The van der Waals surface area contributed by atoms with Gasteiger partial charge in [-0.1, -0.05) is 35.3 Å². The molecule has 30 heavy (non-hydrogen) atoms. The van der Waals surface area contributed by atoms with Crippen LogP contribution in [0.1, 0.15) is 17.1 Å². The lowest BCUT2D eigenvalue weighted by atomic mass is 10.2. The molecule has 1 aromatic heterocycles. The molecule has 0 bridgehead atoms. The molecule has 2 heterocycles. The normalized spacial score (nSPS) is 15.0. The number of ether oxygens (including phenoxy) is 1. The third-order valence-corrected chi connectivity index (χ3v) is 5.20. The van der Waals surface area contributed by atoms with E-state index >= 15 is 0 Å². The Morgan fingerprint density at radius 2 is 2.00 bits per heavy atom. The number of carbonyl (C=O) groups excluding carboxylic acids is 1. The minimum Gasteiger partial charge on any atom is -0.484 e. The quantitative estimate of drug-likeness (QED) is 0.390. The van der Waals surface area contributed by atoms with Crippen molar-refractivity contribution in [2.24, 2.45) is 0 Å². The molecule has 1 aliphatic heterocycles. The van der Waals surface area contributed by atoms with Crippen LogP contribution in [0, 0.1) is 6.92 Å². The number of anilines is 1. The van der Waals surface area contributed by atoms with Crippen LogP contribution < -0.4 is 15.0 Å². The Kier molecular flexibility index (Phi) is 5.81. The largest absolute Gasteiger partial charge is 0.484 e. The fourth-order valence-electron chi connectivity index (χ4n) is 2.97. The third kappa shape index (κ3) is 4.36. The maximum Gasteiger partial charge on any atom is 0.281 e. The van der Waals surface area contributed by atoms with Crippen molar-refractivity contribution in [3.05, 3.63) is 87.4 Å². The summed E-state index contributed by atoms with van der Waals surface area (Å²) in [5.41, 5.74) is 2.09. The number of hydrogen-bond acceptors (Lipinski definition) is 4. The number of carbonyl (C=O) groups is 1. The maximum atomic E-state index is 12.8. The average Bonchev–Trinajstić information content (AvgIpc) is 3.26. The van der Waals surface area contributed by atoms with E-state index in [-0.39, 0.29) is 12.5 Å². The predicted molar refractivity (Wildman–Crippen MR) is 122 cm³/mol. The van der Waals surface area contributed by atoms with Crippen molar-refractivity contribution >= 4 is 58.2 Å². The second kappa shape index (κ2) is 8.52. The fraction of sp³-hybridized carbons (Fsp3) is 0.0909. The van der Waals surface area contributed by atoms with Crippen LogP contribution in [0.15, 0.2) is 64.7 Å². The zero-order valence-corrected chi connectivity index (χ0v) is 18.1. The van der Waals surface area contributed by atoms with E-state index in [4.69, 9.17) is 44.6 Å². The zero-order chi connectivity index (χ0) is 21.3. The molecule has 0 radical (unpaired) electrons. The number of amides is 1. The van der Waals surface area contributed by atoms with Gasteiger partial charge in [0.2, 0.25) is 0 Å². The van der Waals surface area contributed by atoms with Gasteiger partial charge in [-0.15, -0.1) is 0 Å². The number of furan rings is 1. The van der Waals surface area contributed by atoms with Crippen LogP contribution in [-0.2, 0) is 11.4 Å². The van der Waals surface area contributed by atoms with Crippen molar-refractivity contribution in [3.63, 3.8) is 0 Å². The van der Waals surface area contributed by atoms with Gasteiger partial charge in [0.15, 0.2) is 5.11 Å². The molecule has 1 saturated heterocycles. The number of nitrogens with one attached hydrogen (secondary N) is 1. The van der Waals surface area contributed by atoms with Gasteiger partial charge in [-0.25, -0.2) is 0 Å². The molecule has 3 aromatic rings. The molecule has 0 atom stereocenters. The van der Waals surface area contributed by atoms with Crippen molar-refractivity contribution in [2.45, 2.75) is 13.5 Å². The van der Waals surface area contributed by atoms with Gasteiger partial charge in [0.1, 0.15) is 29.6 Å². The third-order valence-electron chi connectivity index (χ3n) is 4.37. The molecule has 0 saturated carbocycles. The Morgan fingerprint density at radius 1 is 1.17 bits per heavy atom. The highest BCUT2D eigenvalue weighted by Crippen LogP contribution is 2.29. The maximum absolute atomic E-state index is 12.8. The standard InChI is InChI=1S/C22H16Cl2N2O3S/c1-13-3-2-4-15(9-13)26-21(27)19(25-22(26)30)11-16-6-7-17(29-16)12-28-20-10-14(23)5-8-18(20)24/h2-11H,12H2,1H3,(H,25,30)/b19-11+. The molecule has 2 aromatic carbocycles. The van der Waals surface area contributed by atoms with E-state index in [9.17, 15) is 4.79 Å². The smallest absolute Gasteiger partial charge is 0.281 e. The fourth-order valence-corrected chi connectivity index (χ4v) is 3.60. The molecule has 0 aliphatic carbocycles. The average molecular weight is 459 g/mol. The second-order valence-corrected chi connectivity index (χ2v) is 7.87. The SMILES string of the molecule is Cc1cccc(N2C(=O)/C(=C\c3ccc(COc4cc(Cl)ccc4Cl)o3)NC2=S)c1. The monoisotopic (exact) mass is 458 g/mol. The number of benzene rings is 2. The Bertz CT molecular complexity index is 1170. The van der Waals surface area contributed by atoms with Gasteiger partial charge >= 0.3 is 0 Å². The summed E-state index contributed by atoms with van der Waals surface area (Å²) < 4.78 is 11.4. The molecule has 0 unspecified atom stereocenters. The van der Waals surface area contributed by atoms with Crippen LogP contribution in [-0.4, -0.2) is 11.0 Å². The lowest BCUT2D eigenvalue weighted by molar-refractivity contribution is -0.113. The number of halogens is 2. The van der Waals surface area contributed by atoms with Gasteiger partial charge in [0, 0.05) is 17.2 Å². The first kappa shape index (κ1) is 20.5. The molecule has 152 valence electrons. The summed E-state index contributed by atoms with van der Waals surface area (Å²) in [5.74, 6) is 1.29. The number of nitrogens with zero attached hydrogens (tertiary/aromatic N) is 1. The van der Waals surface area contributed by atoms with Crippen LogP contribution in [0.5, 0.6) is 5.75 Å². The molecule has 0 spiro atoms. The molecular formula is C22H16Cl2N2O3S. The molecule has 8 heteroatoms. The van der Waals surface area contributed by atoms with Crippen molar-refractivity contribution in [3.8, 4) is 5.75 Å². The zero-order valence-electron chi connectivity index (χ0n) is 15.8. The van der Waals surface area contributed by atoms with Crippen LogP contribution >= 0.6 is 35.4 Å². The number of aryl methyl sites for hydroxylation is 1. The van der Waals surface area contributed by atoms with Gasteiger partial charge < -0.3 is 14.5 Å². The van der Waals surface area contributed by atoms with Crippen molar-refractivity contribution in [2.75, 3.05) is 4.90 Å². The lowest BCUT2D eigenvalue weighted by Crippen LogP contribution is -2.30. The van der Waals surface area contributed by atoms with Crippen LogP contribution in [0.3, 0.4) is 0 Å². The summed E-state index contributed by atoms with van der Waals surface area (Å²) in [6.45, 7) is 2.12. The highest BCUT2D eigenvalue weighted by Gasteiger charge is 2.32. The van der Waals surface area contributed by atoms with Gasteiger partial charge in [-0.2, -0.15) is 0 Å². The van der Waals surface area contributed by atoms with Crippen molar-refractivity contribution < 1.29 is 13.9 Å². The summed E-state index contributed by atoms with van der Waals surface area (Å²) in [5, 5.41) is 4.25. The van der Waals surface area contributed by atoms with Crippen LogP contribution in [0.4, 0.5) is 5.69 Å². The predicted octanol–water partition coefficient (Wildman–Crippen LogP) is 5.74. The molecule has 1 fully saturated rings. The molecule has 5 nitrogen and oxygen atoms in total. The summed E-state index contributed by atoms with van der Waals surface area (Å²) >= 11 is 17.4. The van der Waals surface area contributed by atoms with E-state index < -0.39 is 0 Å². The van der Waals surface area contributed by atoms with E-state index in [1.54, 1.807) is 36.4 Å². The summed E-state index contributed by atoms with van der Waals surface area (Å²) in [7, 11) is 0. The topological polar surface area (TPSA) is 54.7 Å². The van der Waals surface area contributed by atoms with Gasteiger partial charge in [-0.05, 0) is 61.1 Å². The minimum absolute atomic E-state index is 0.165. The van der Waals surface area contributed by atoms with Crippen molar-refractivity contribution in [1.82, 2.24) is 5.32 Å². The highest BCUT2D eigenvalue weighted by molar-refractivity contribution is 7.80. The number of rotatable bonds is 5. The first-order valence-corrected chi connectivity index (χ1v) is 10.2. The summed E-state index contributed by atoms with van der Waals surface area (Å²) in [4.78, 5) is 14.3. The lowest BCUT2D eigenvalue weighted by Gasteiger charge is -2.14. The van der Waals surface area contributed by atoms with Crippen molar-refractivity contribution in [1.29, 1.82) is 0 Å². The van der Waals surface area contributed by atoms with E-state index in [2.05, 4.69) is 5.32 Å². The Labute approximate surface area is 188 Å². The van der Waals surface area contributed by atoms with E-state index in [0.29, 0.717) is 43.8 Å². The van der Waals surface area contributed by atoms with Crippen LogP contribution in [0.2, 0.25) is 10.0 Å². The van der Waals surface area contributed by atoms with E-state index in [1.807, 2.05) is 31.2 Å². The first-order valence-electron chi connectivity index (χ1n) is 9.01. The molecular weight excluding hydrogens is 443 g/mol. The van der Waals surface area contributed by atoms with Gasteiger partial charge in [-0.3, -0.25) is 9.69 Å². The van der Waals surface area contributed by atoms with Crippen LogP contribution in [0.25, 0.3) is 6.08 Å². The first-order chi connectivity index (χ1) is 14.4. The van der Waals surface area contributed by atoms with Gasteiger partial charge in [0.25, 0.3) is 5.91 Å². The summed E-state index contributed by atoms with van der Waals surface area (Å²) in [6, 6.07) is 16.1. The van der Waals surface area contributed by atoms with E-state index in [0.717, 1.165) is 5.56 Å². The Hall–Kier alpha value is -2.80. The molecule has 1 aliphatic rings. The number of thiocarbonyl (C=S) groups is 1. The molecule has 4 rings (SSSR count). The highest BCUT2D eigenvalue weighted by atomic mass is 35.5. The summed E-state index contributed by atoms with van der Waals surface area (Å²) in [6.07, 6.45) is 1.61. The second-order valence-electron chi connectivity index (χ2n) is 6.64. The van der Waals surface area contributed by atoms with E-state index in [1.165, 1.54) is 4.90 Å². The minimum atomic E-state index is -0.245. The molecule has 1 amide bonds. The van der Waals surface area contributed by atoms with Gasteiger partial charge in [0.05, 0.1) is 10.7 Å². The Morgan fingerprint density at radius 3 is 2.80 bits per heavy atom. The molecule has 1 N–H and O–H groups in total. The number of hydrogen-bond donors (Lipinski definition) is 1. The Balaban J connectivity index is 1.48.